The molecule has 1 aliphatic carbocycles. The number of nitro groups is 1. The van der Waals surface area contributed by atoms with Gasteiger partial charge in [-0.1, -0.05) is 60.7 Å². The monoisotopic (exact) mass is 351 g/mol. The van der Waals surface area contributed by atoms with E-state index in [1.165, 1.54) is 0 Å². The lowest BCUT2D eigenvalue weighted by molar-refractivity contribution is -0.536. The van der Waals surface area contributed by atoms with Crippen molar-refractivity contribution in [3.05, 3.63) is 81.9 Å². The Labute approximate surface area is 152 Å². The zero-order valence-electron chi connectivity index (χ0n) is 14.4. The number of rotatable bonds is 7. The zero-order chi connectivity index (χ0) is 18.5. The molecule has 0 bridgehead atoms. The minimum atomic E-state index is -0.934. The first-order valence-corrected chi connectivity index (χ1v) is 8.84. The Morgan fingerprint density at radius 3 is 2.23 bits per heavy atom. The van der Waals surface area contributed by atoms with Gasteiger partial charge in [0.05, 0.1) is 5.92 Å². The van der Waals surface area contributed by atoms with E-state index >= 15 is 0 Å². The van der Waals surface area contributed by atoms with Crippen molar-refractivity contribution in [2.24, 2.45) is 5.92 Å². The highest BCUT2D eigenvalue weighted by atomic mass is 16.6. The topological polar surface area (TPSA) is 77.3 Å². The molecule has 0 heterocycles. The van der Waals surface area contributed by atoms with Gasteiger partial charge in [-0.3, -0.25) is 19.7 Å². The van der Waals surface area contributed by atoms with Crippen molar-refractivity contribution < 1.29 is 14.5 Å². The van der Waals surface area contributed by atoms with Gasteiger partial charge >= 0.3 is 0 Å². The molecule has 5 heteroatoms. The van der Waals surface area contributed by atoms with E-state index in [4.69, 9.17) is 0 Å². The van der Waals surface area contributed by atoms with Crippen molar-refractivity contribution >= 4 is 11.6 Å². The quantitative estimate of drug-likeness (QED) is 0.428. The molecule has 3 atom stereocenters. The van der Waals surface area contributed by atoms with Crippen LogP contribution in [0.4, 0.5) is 0 Å². The van der Waals surface area contributed by atoms with E-state index in [2.05, 4.69) is 0 Å². The van der Waals surface area contributed by atoms with Gasteiger partial charge in [0.2, 0.25) is 6.04 Å². The Hall–Kier alpha value is -2.82. The minimum absolute atomic E-state index is 0.0599. The number of benzene rings is 2. The number of carbonyl (C=O) groups excluding carboxylic acids is 2. The third-order valence-corrected chi connectivity index (χ3v) is 5.15. The van der Waals surface area contributed by atoms with Crippen molar-refractivity contribution in [3.63, 3.8) is 0 Å². The lowest BCUT2D eigenvalue weighted by Gasteiger charge is -2.25. The predicted molar refractivity (Wildman–Crippen MR) is 97.7 cm³/mol. The van der Waals surface area contributed by atoms with Gasteiger partial charge in [-0.15, -0.1) is 0 Å². The number of hydrogen-bond donors (Lipinski definition) is 0. The van der Waals surface area contributed by atoms with E-state index in [0.29, 0.717) is 18.4 Å². The molecular weight excluding hydrogens is 330 g/mol. The molecule has 0 radical (unpaired) electrons. The molecule has 2 aromatic rings. The molecule has 2 aromatic carbocycles. The van der Waals surface area contributed by atoms with E-state index in [1.54, 1.807) is 24.3 Å². The second-order valence-electron chi connectivity index (χ2n) is 6.83. The number of carbonyl (C=O) groups is 2. The second kappa shape index (κ2) is 8.04. The van der Waals surface area contributed by atoms with Crippen LogP contribution in [-0.4, -0.2) is 22.5 Å². The summed E-state index contributed by atoms with van der Waals surface area (Å²) in [5.74, 6) is -0.903. The highest BCUT2D eigenvalue weighted by Gasteiger charge is 2.44. The third-order valence-electron chi connectivity index (χ3n) is 5.15. The Balaban J connectivity index is 1.93. The predicted octanol–water partition coefficient (Wildman–Crippen LogP) is 4.06. The highest BCUT2D eigenvalue weighted by Crippen LogP contribution is 2.37. The molecule has 0 N–H and O–H groups in total. The molecule has 1 fully saturated rings. The Bertz CT molecular complexity index is 788. The first kappa shape index (κ1) is 18.0. The normalized spacial score (nSPS) is 19.1. The first-order valence-electron chi connectivity index (χ1n) is 8.84. The molecule has 26 heavy (non-hydrogen) atoms. The Morgan fingerprint density at radius 1 is 1.08 bits per heavy atom. The average Bonchev–Trinajstić information content (AvgIpc) is 3.08. The van der Waals surface area contributed by atoms with Crippen molar-refractivity contribution in [1.82, 2.24) is 0 Å². The Morgan fingerprint density at radius 2 is 1.69 bits per heavy atom. The molecule has 0 saturated heterocycles. The van der Waals surface area contributed by atoms with Gasteiger partial charge in [0.1, 0.15) is 5.78 Å². The zero-order valence-corrected chi connectivity index (χ0v) is 14.4. The number of nitrogens with zero attached hydrogens (tertiary/aromatic N) is 1. The summed E-state index contributed by atoms with van der Waals surface area (Å²) >= 11 is 0. The number of ketones is 2. The second-order valence-corrected chi connectivity index (χ2v) is 6.83. The van der Waals surface area contributed by atoms with Crippen molar-refractivity contribution in [3.8, 4) is 0 Å². The van der Waals surface area contributed by atoms with Crippen LogP contribution in [0, 0.1) is 16.0 Å². The molecular formula is C21H21NO4. The largest absolute Gasteiger partial charge is 0.300 e. The molecule has 1 aliphatic rings. The number of hydrogen-bond acceptors (Lipinski definition) is 4. The van der Waals surface area contributed by atoms with Gasteiger partial charge in [0, 0.05) is 35.7 Å². The minimum Gasteiger partial charge on any atom is -0.300 e. The van der Waals surface area contributed by atoms with Crippen LogP contribution in [0.1, 0.15) is 47.5 Å². The van der Waals surface area contributed by atoms with Gasteiger partial charge in [-0.2, -0.15) is 0 Å². The molecule has 5 nitrogen and oxygen atoms in total. The lowest BCUT2D eigenvalue weighted by atomic mass is 9.79. The summed E-state index contributed by atoms with van der Waals surface area (Å²) in [6.07, 6.45) is 1.20. The fourth-order valence-electron chi connectivity index (χ4n) is 3.86. The summed E-state index contributed by atoms with van der Waals surface area (Å²) in [5.41, 5.74) is 1.33. The van der Waals surface area contributed by atoms with Gasteiger partial charge in [-0.05, 0) is 12.0 Å². The molecule has 1 saturated carbocycles. The maximum atomic E-state index is 12.7. The summed E-state index contributed by atoms with van der Waals surface area (Å²) < 4.78 is 0. The molecule has 134 valence electrons. The molecule has 0 aromatic heterocycles. The van der Waals surface area contributed by atoms with E-state index in [-0.39, 0.29) is 35.2 Å². The Kier molecular flexibility index (Phi) is 5.56. The summed E-state index contributed by atoms with van der Waals surface area (Å²) in [4.78, 5) is 36.1. The van der Waals surface area contributed by atoms with Crippen LogP contribution in [-0.2, 0) is 4.79 Å². The molecule has 0 spiro atoms. The maximum Gasteiger partial charge on any atom is 0.223 e. The van der Waals surface area contributed by atoms with Gasteiger partial charge in [0.25, 0.3) is 0 Å². The van der Waals surface area contributed by atoms with Crippen molar-refractivity contribution in [2.45, 2.75) is 37.6 Å². The first-order chi connectivity index (χ1) is 12.6. The highest BCUT2D eigenvalue weighted by molar-refractivity contribution is 5.96. The van der Waals surface area contributed by atoms with Crippen LogP contribution in [0.5, 0.6) is 0 Å². The standard InChI is InChI=1S/C21H21NO4/c23-18-12-11-17(13-18)21(22(25)26)19(15-7-3-1-4-8-15)14-20(24)16-9-5-2-6-10-16/h1-10,17,19,21H,11-14H2. The number of Topliss-reactive ketones (excluding diaryl/α,β-unsaturated/α-hetero) is 2. The molecule has 0 amide bonds. The fourth-order valence-corrected chi connectivity index (χ4v) is 3.86. The maximum absolute atomic E-state index is 12.7. The van der Waals surface area contributed by atoms with Crippen molar-refractivity contribution in [1.29, 1.82) is 0 Å². The summed E-state index contributed by atoms with van der Waals surface area (Å²) in [6, 6.07) is 17.1. The molecule has 0 aliphatic heterocycles. The average molecular weight is 351 g/mol. The van der Waals surface area contributed by atoms with Crippen LogP contribution in [0.2, 0.25) is 0 Å². The van der Waals surface area contributed by atoms with Gasteiger partial charge in [0.15, 0.2) is 5.78 Å². The van der Waals surface area contributed by atoms with E-state index in [0.717, 1.165) is 5.56 Å². The van der Waals surface area contributed by atoms with Crippen LogP contribution in [0.25, 0.3) is 0 Å². The van der Waals surface area contributed by atoms with Crippen LogP contribution < -0.4 is 0 Å². The molecule has 3 rings (SSSR count). The van der Waals surface area contributed by atoms with E-state index < -0.39 is 12.0 Å². The molecule has 3 unspecified atom stereocenters. The van der Waals surface area contributed by atoms with Crippen LogP contribution in [0.3, 0.4) is 0 Å². The van der Waals surface area contributed by atoms with Gasteiger partial charge < -0.3 is 0 Å². The van der Waals surface area contributed by atoms with E-state index in [9.17, 15) is 19.7 Å². The summed E-state index contributed by atoms with van der Waals surface area (Å²) in [5, 5.41) is 11.9. The van der Waals surface area contributed by atoms with Crippen LogP contribution >= 0.6 is 0 Å². The smallest absolute Gasteiger partial charge is 0.223 e. The van der Waals surface area contributed by atoms with E-state index in [1.807, 2.05) is 36.4 Å². The third kappa shape index (κ3) is 4.04. The summed E-state index contributed by atoms with van der Waals surface area (Å²) in [7, 11) is 0. The van der Waals surface area contributed by atoms with Gasteiger partial charge in [-0.25, -0.2) is 0 Å². The lowest BCUT2D eigenvalue weighted by Crippen LogP contribution is -2.35. The fraction of sp³-hybridized carbons (Fsp3) is 0.333. The van der Waals surface area contributed by atoms with Crippen molar-refractivity contribution in [2.75, 3.05) is 0 Å². The SMILES string of the molecule is O=C1CCC(C(C(CC(=O)c2ccccc2)c2ccccc2)[N+](=O)[O-])C1. The summed E-state index contributed by atoms with van der Waals surface area (Å²) in [6.45, 7) is 0. The van der Waals surface area contributed by atoms with Crippen LogP contribution in [0.15, 0.2) is 60.7 Å².